The van der Waals surface area contributed by atoms with E-state index in [1.54, 1.807) is 25.1 Å². The third-order valence-corrected chi connectivity index (χ3v) is 3.13. The van der Waals surface area contributed by atoms with Gasteiger partial charge < -0.3 is 10.4 Å². The van der Waals surface area contributed by atoms with Crippen LogP contribution in [0.3, 0.4) is 0 Å². The molecule has 1 aromatic rings. The van der Waals surface area contributed by atoms with Crippen LogP contribution >= 0.6 is 15.9 Å². The van der Waals surface area contributed by atoms with Crippen LogP contribution in [0.5, 0.6) is 0 Å². The van der Waals surface area contributed by atoms with E-state index >= 15 is 0 Å². The van der Waals surface area contributed by atoms with Crippen molar-refractivity contribution in [2.24, 2.45) is 0 Å². The van der Waals surface area contributed by atoms with E-state index in [1.807, 2.05) is 0 Å². The SMILES string of the molecule is Cc1c(Br)cccc1C(=O)NCC(O)C(F)F. The highest BCUT2D eigenvalue weighted by Crippen LogP contribution is 2.19. The standard InChI is InChI=1S/C11H12BrF2NO2/c1-6-7(3-2-4-8(6)12)11(17)15-5-9(16)10(13)14/h2-4,9-10,16H,5H2,1H3,(H,15,17). The molecule has 1 atom stereocenters. The lowest BCUT2D eigenvalue weighted by atomic mass is 10.1. The molecule has 0 aromatic heterocycles. The van der Waals surface area contributed by atoms with Crippen LogP contribution in [-0.4, -0.2) is 30.1 Å². The number of hydrogen-bond donors (Lipinski definition) is 2. The van der Waals surface area contributed by atoms with Crippen molar-refractivity contribution >= 4 is 21.8 Å². The van der Waals surface area contributed by atoms with Crippen LogP contribution in [0.1, 0.15) is 15.9 Å². The molecular weight excluding hydrogens is 296 g/mol. The second-order valence-corrected chi connectivity index (χ2v) is 4.38. The van der Waals surface area contributed by atoms with Gasteiger partial charge in [-0.25, -0.2) is 8.78 Å². The van der Waals surface area contributed by atoms with E-state index in [9.17, 15) is 13.6 Å². The second-order valence-electron chi connectivity index (χ2n) is 3.52. The molecule has 6 heteroatoms. The highest BCUT2D eigenvalue weighted by molar-refractivity contribution is 9.10. The smallest absolute Gasteiger partial charge is 0.265 e. The molecular formula is C11H12BrF2NO2. The van der Waals surface area contributed by atoms with Crippen molar-refractivity contribution < 1.29 is 18.7 Å². The van der Waals surface area contributed by atoms with Gasteiger partial charge in [0.2, 0.25) is 0 Å². The van der Waals surface area contributed by atoms with Crippen LogP contribution in [0.4, 0.5) is 8.78 Å². The molecule has 0 radical (unpaired) electrons. The molecule has 0 saturated heterocycles. The zero-order valence-electron chi connectivity index (χ0n) is 9.08. The molecule has 0 aliphatic carbocycles. The van der Waals surface area contributed by atoms with Gasteiger partial charge in [0.05, 0.1) is 0 Å². The maximum atomic E-state index is 12.0. The Morgan fingerprint density at radius 3 is 2.76 bits per heavy atom. The Morgan fingerprint density at radius 2 is 2.18 bits per heavy atom. The molecule has 0 bridgehead atoms. The van der Waals surface area contributed by atoms with Gasteiger partial charge in [0.15, 0.2) is 0 Å². The van der Waals surface area contributed by atoms with Crippen molar-refractivity contribution in [1.82, 2.24) is 5.32 Å². The summed E-state index contributed by atoms with van der Waals surface area (Å²) in [5, 5.41) is 11.1. The maximum Gasteiger partial charge on any atom is 0.265 e. The summed E-state index contributed by atoms with van der Waals surface area (Å²) in [7, 11) is 0. The highest BCUT2D eigenvalue weighted by Gasteiger charge is 2.18. The third-order valence-electron chi connectivity index (χ3n) is 2.27. The number of benzene rings is 1. The van der Waals surface area contributed by atoms with Crippen LogP contribution in [0, 0.1) is 6.92 Å². The number of alkyl halides is 2. The number of aliphatic hydroxyl groups excluding tert-OH is 1. The summed E-state index contributed by atoms with van der Waals surface area (Å²) in [5.74, 6) is -0.483. The van der Waals surface area contributed by atoms with Crippen LogP contribution in [0.2, 0.25) is 0 Å². The highest BCUT2D eigenvalue weighted by atomic mass is 79.9. The van der Waals surface area contributed by atoms with Crippen molar-refractivity contribution in [3.8, 4) is 0 Å². The Labute approximate surface area is 106 Å². The first-order valence-corrected chi connectivity index (χ1v) is 5.72. The summed E-state index contributed by atoms with van der Waals surface area (Å²) in [5.41, 5.74) is 1.11. The fraction of sp³-hybridized carbons (Fsp3) is 0.364. The average molecular weight is 308 g/mol. The second kappa shape index (κ2) is 6.07. The quantitative estimate of drug-likeness (QED) is 0.895. The Bertz CT molecular complexity index is 412. The molecule has 0 aliphatic rings. The summed E-state index contributed by atoms with van der Waals surface area (Å²) >= 11 is 3.27. The number of hydrogen-bond acceptors (Lipinski definition) is 2. The molecule has 1 aromatic carbocycles. The van der Waals surface area contributed by atoms with E-state index in [0.29, 0.717) is 5.56 Å². The van der Waals surface area contributed by atoms with E-state index in [0.717, 1.165) is 10.0 Å². The minimum absolute atomic E-state index is 0.390. The van der Waals surface area contributed by atoms with E-state index < -0.39 is 25.0 Å². The minimum Gasteiger partial charge on any atom is -0.385 e. The van der Waals surface area contributed by atoms with E-state index in [2.05, 4.69) is 21.2 Å². The third kappa shape index (κ3) is 3.74. The normalized spacial score (nSPS) is 12.6. The van der Waals surface area contributed by atoms with Gasteiger partial charge in [0.1, 0.15) is 6.10 Å². The van der Waals surface area contributed by atoms with Gasteiger partial charge in [-0.05, 0) is 24.6 Å². The van der Waals surface area contributed by atoms with Crippen LogP contribution in [-0.2, 0) is 0 Å². The maximum absolute atomic E-state index is 12.0. The Kier molecular flexibility index (Phi) is 5.02. The molecule has 1 rings (SSSR count). The zero-order chi connectivity index (χ0) is 13.0. The monoisotopic (exact) mass is 307 g/mol. The van der Waals surface area contributed by atoms with E-state index in [1.165, 1.54) is 0 Å². The predicted molar refractivity (Wildman–Crippen MR) is 63.2 cm³/mol. The summed E-state index contributed by atoms with van der Waals surface area (Å²) in [4.78, 5) is 11.7. The number of carbonyl (C=O) groups excluding carboxylic acids is 1. The van der Waals surface area contributed by atoms with E-state index in [-0.39, 0.29) is 0 Å². The lowest BCUT2D eigenvalue weighted by Crippen LogP contribution is -2.36. The molecule has 1 unspecified atom stereocenters. The van der Waals surface area contributed by atoms with Gasteiger partial charge in [-0.1, -0.05) is 22.0 Å². The zero-order valence-corrected chi connectivity index (χ0v) is 10.7. The number of amides is 1. The van der Waals surface area contributed by atoms with Gasteiger partial charge in [-0.15, -0.1) is 0 Å². The van der Waals surface area contributed by atoms with Crippen LogP contribution < -0.4 is 5.32 Å². The topological polar surface area (TPSA) is 49.3 Å². The lowest BCUT2D eigenvalue weighted by molar-refractivity contribution is -0.00270. The number of nitrogens with one attached hydrogen (secondary N) is 1. The largest absolute Gasteiger partial charge is 0.385 e. The molecule has 0 aliphatic heterocycles. The molecule has 0 heterocycles. The molecule has 0 fully saturated rings. The van der Waals surface area contributed by atoms with Crippen molar-refractivity contribution in [2.45, 2.75) is 19.5 Å². The summed E-state index contributed by atoms with van der Waals surface area (Å²) in [6.45, 7) is 1.27. The van der Waals surface area contributed by atoms with E-state index in [4.69, 9.17) is 5.11 Å². The van der Waals surface area contributed by atoms with Crippen molar-refractivity contribution in [1.29, 1.82) is 0 Å². The number of aliphatic hydroxyl groups is 1. The van der Waals surface area contributed by atoms with Crippen LogP contribution in [0.15, 0.2) is 22.7 Å². The Morgan fingerprint density at radius 1 is 1.53 bits per heavy atom. The van der Waals surface area contributed by atoms with Gasteiger partial charge in [-0.3, -0.25) is 4.79 Å². The summed E-state index contributed by atoms with van der Waals surface area (Å²) in [6.07, 6.45) is -4.70. The van der Waals surface area contributed by atoms with Crippen LogP contribution in [0.25, 0.3) is 0 Å². The predicted octanol–water partition coefficient (Wildman–Crippen LogP) is 2.11. The van der Waals surface area contributed by atoms with Gasteiger partial charge >= 0.3 is 0 Å². The molecule has 0 saturated carbocycles. The lowest BCUT2D eigenvalue weighted by Gasteiger charge is -2.12. The first-order valence-electron chi connectivity index (χ1n) is 4.93. The van der Waals surface area contributed by atoms with Crippen molar-refractivity contribution in [3.05, 3.63) is 33.8 Å². The average Bonchev–Trinajstić information content (AvgIpc) is 2.29. The molecule has 1 amide bonds. The first-order chi connectivity index (χ1) is 7.93. The number of rotatable bonds is 4. The van der Waals surface area contributed by atoms with Gasteiger partial charge in [-0.2, -0.15) is 0 Å². The van der Waals surface area contributed by atoms with Gasteiger partial charge in [0, 0.05) is 16.6 Å². The summed E-state index contributed by atoms with van der Waals surface area (Å²) in [6, 6.07) is 5.04. The summed E-state index contributed by atoms with van der Waals surface area (Å²) < 4.78 is 24.8. The van der Waals surface area contributed by atoms with Gasteiger partial charge in [0.25, 0.3) is 12.3 Å². The Balaban J connectivity index is 2.68. The fourth-order valence-corrected chi connectivity index (χ4v) is 1.60. The van der Waals surface area contributed by atoms with Crippen molar-refractivity contribution in [3.63, 3.8) is 0 Å². The Hall–Kier alpha value is -1.01. The first kappa shape index (κ1) is 14.1. The minimum atomic E-state index is -2.86. The van der Waals surface area contributed by atoms with Crippen molar-refractivity contribution in [2.75, 3.05) is 6.54 Å². The molecule has 0 spiro atoms. The molecule has 2 N–H and O–H groups in total. The number of halogens is 3. The number of carbonyl (C=O) groups is 1. The molecule has 17 heavy (non-hydrogen) atoms. The molecule has 94 valence electrons. The molecule has 3 nitrogen and oxygen atoms in total. The fourth-order valence-electron chi connectivity index (χ4n) is 1.24.